The van der Waals surface area contributed by atoms with E-state index in [0.717, 1.165) is 22.9 Å². The molecule has 23 heavy (non-hydrogen) atoms. The Balaban J connectivity index is 1.84. The molecule has 0 saturated carbocycles. The Hall–Kier alpha value is -1.93. The minimum atomic E-state index is 0.274. The topological polar surface area (TPSA) is 21.3 Å². The second kappa shape index (κ2) is 5.61. The Morgan fingerprint density at radius 1 is 1.13 bits per heavy atom. The Kier molecular flexibility index (Phi) is 3.57. The van der Waals surface area contributed by atoms with Gasteiger partial charge in [-0.15, -0.1) is 0 Å². The van der Waals surface area contributed by atoms with Gasteiger partial charge in [0.15, 0.2) is 0 Å². The number of methoxy groups -OCH3 is 1. The summed E-state index contributed by atoms with van der Waals surface area (Å²) >= 11 is 6.06. The lowest BCUT2D eigenvalue weighted by Gasteiger charge is -2.39. The number of ether oxygens (including phenoxy) is 1. The summed E-state index contributed by atoms with van der Waals surface area (Å²) in [5.41, 5.74) is 5.13. The summed E-state index contributed by atoms with van der Waals surface area (Å²) in [6.45, 7) is 2.19. The largest absolute Gasteiger partial charge is 0.495 e. The van der Waals surface area contributed by atoms with E-state index in [1.807, 2.05) is 12.1 Å². The maximum Gasteiger partial charge on any atom is 0.142 e. The summed E-state index contributed by atoms with van der Waals surface area (Å²) in [5.74, 6) is 1.90. The van der Waals surface area contributed by atoms with Crippen molar-refractivity contribution in [3.05, 3.63) is 70.3 Å². The highest BCUT2D eigenvalue weighted by Crippen LogP contribution is 2.53. The van der Waals surface area contributed by atoms with E-state index in [4.69, 9.17) is 16.3 Å². The van der Waals surface area contributed by atoms with Gasteiger partial charge in [0.05, 0.1) is 18.8 Å². The van der Waals surface area contributed by atoms with Crippen LogP contribution in [-0.2, 0) is 0 Å². The van der Waals surface area contributed by atoms with Crippen LogP contribution < -0.4 is 10.1 Å². The third-order valence-corrected chi connectivity index (χ3v) is 5.40. The SMILES string of the molecule is COc1ccc(C)c2c1N[C@H](c1ccc(Cl)cc1)[C@@H]1CC=C[C@H]21. The number of rotatable bonds is 2. The van der Waals surface area contributed by atoms with Crippen molar-refractivity contribution in [1.82, 2.24) is 0 Å². The van der Waals surface area contributed by atoms with Crippen molar-refractivity contribution in [2.75, 3.05) is 12.4 Å². The van der Waals surface area contributed by atoms with E-state index in [1.165, 1.54) is 16.7 Å². The van der Waals surface area contributed by atoms with E-state index < -0.39 is 0 Å². The standard InChI is InChI=1S/C20H20ClNO/c1-12-6-11-17(23-2)20-18(12)15-4-3-5-16(15)19(22-20)13-7-9-14(21)10-8-13/h3-4,6-11,15-16,19,22H,5H2,1-2H3/t15-,16+,19+/m0/s1. The van der Waals surface area contributed by atoms with Gasteiger partial charge in [-0.05, 0) is 54.2 Å². The molecule has 0 spiro atoms. The van der Waals surface area contributed by atoms with Crippen molar-refractivity contribution in [3.8, 4) is 5.75 Å². The molecule has 0 radical (unpaired) electrons. The van der Waals surface area contributed by atoms with E-state index in [0.29, 0.717) is 11.8 Å². The quantitative estimate of drug-likeness (QED) is 0.738. The van der Waals surface area contributed by atoms with Crippen molar-refractivity contribution in [3.63, 3.8) is 0 Å². The summed E-state index contributed by atoms with van der Waals surface area (Å²) in [7, 11) is 1.74. The Morgan fingerprint density at radius 2 is 1.91 bits per heavy atom. The predicted octanol–water partition coefficient (Wildman–Crippen LogP) is 5.48. The fourth-order valence-electron chi connectivity index (χ4n) is 4.04. The number of halogens is 1. The summed E-state index contributed by atoms with van der Waals surface area (Å²) in [6.07, 6.45) is 5.77. The first-order valence-corrected chi connectivity index (χ1v) is 8.43. The second-order valence-corrected chi connectivity index (χ2v) is 6.84. The molecule has 0 fully saturated rings. The number of allylic oxidation sites excluding steroid dienone is 2. The molecule has 2 aromatic rings. The highest BCUT2D eigenvalue weighted by atomic mass is 35.5. The molecule has 4 rings (SSSR count). The molecule has 1 aliphatic heterocycles. The molecule has 0 bridgehead atoms. The average molecular weight is 326 g/mol. The van der Waals surface area contributed by atoms with Crippen LogP contribution in [0.15, 0.2) is 48.6 Å². The fourth-order valence-corrected chi connectivity index (χ4v) is 4.17. The lowest BCUT2D eigenvalue weighted by molar-refractivity contribution is 0.396. The minimum Gasteiger partial charge on any atom is -0.495 e. The summed E-state index contributed by atoms with van der Waals surface area (Å²) in [6, 6.07) is 12.7. The third kappa shape index (κ3) is 2.33. The summed E-state index contributed by atoms with van der Waals surface area (Å²) < 4.78 is 5.61. The Bertz CT molecular complexity index is 766. The number of anilines is 1. The van der Waals surface area contributed by atoms with Crippen molar-refractivity contribution < 1.29 is 4.74 Å². The molecule has 0 amide bonds. The Morgan fingerprint density at radius 3 is 2.65 bits per heavy atom. The highest BCUT2D eigenvalue weighted by molar-refractivity contribution is 6.30. The normalized spacial score (nSPS) is 24.7. The molecule has 2 aromatic carbocycles. The molecule has 1 aliphatic carbocycles. The summed E-state index contributed by atoms with van der Waals surface area (Å²) in [4.78, 5) is 0. The van der Waals surface area contributed by atoms with Crippen LogP contribution in [0, 0.1) is 12.8 Å². The molecule has 2 nitrogen and oxygen atoms in total. The van der Waals surface area contributed by atoms with Gasteiger partial charge in [-0.2, -0.15) is 0 Å². The van der Waals surface area contributed by atoms with Crippen LogP contribution in [0.2, 0.25) is 5.02 Å². The first-order valence-electron chi connectivity index (χ1n) is 8.05. The van der Waals surface area contributed by atoms with Gasteiger partial charge in [0.2, 0.25) is 0 Å². The van der Waals surface area contributed by atoms with Gasteiger partial charge in [-0.3, -0.25) is 0 Å². The fraction of sp³-hybridized carbons (Fsp3) is 0.300. The van der Waals surface area contributed by atoms with Gasteiger partial charge in [0.1, 0.15) is 5.75 Å². The second-order valence-electron chi connectivity index (χ2n) is 6.40. The predicted molar refractivity (Wildman–Crippen MR) is 95.5 cm³/mol. The van der Waals surface area contributed by atoms with Gasteiger partial charge in [-0.1, -0.05) is 42.0 Å². The molecule has 0 saturated heterocycles. The molecule has 3 heteroatoms. The van der Waals surface area contributed by atoms with E-state index in [-0.39, 0.29) is 6.04 Å². The third-order valence-electron chi connectivity index (χ3n) is 5.15. The van der Waals surface area contributed by atoms with Crippen molar-refractivity contribution in [2.24, 2.45) is 5.92 Å². The Labute approximate surface area is 142 Å². The zero-order valence-electron chi connectivity index (χ0n) is 13.3. The first kappa shape index (κ1) is 14.6. The summed E-state index contributed by atoms with van der Waals surface area (Å²) in [5, 5.41) is 4.53. The zero-order valence-corrected chi connectivity index (χ0v) is 14.1. The van der Waals surface area contributed by atoms with Crippen LogP contribution in [0.1, 0.15) is 35.1 Å². The zero-order chi connectivity index (χ0) is 16.0. The van der Waals surface area contributed by atoms with Crippen LogP contribution in [0.5, 0.6) is 5.75 Å². The minimum absolute atomic E-state index is 0.274. The molecule has 0 unspecified atom stereocenters. The molecule has 1 heterocycles. The van der Waals surface area contributed by atoms with Crippen LogP contribution >= 0.6 is 11.6 Å². The monoisotopic (exact) mass is 325 g/mol. The lowest BCUT2D eigenvalue weighted by Crippen LogP contribution is -2.30. The van der Waals surface area contributed by atoms with Gasteiger partial charge in [0.25, 0.3) is 0 Å². The molecule has 1 N–H and O–H groups in total. The smallest absolute Gasteiger partial charge is 0.142 e. The lowest BCUT2D eigenvalue weighted by atomic mass is 9.75. The van der Waals surface area contributed by atoms with E-state index in [1.54, 1.807) is 7.11 Å². The van der Waals surface area contributed by atoms with Crippen LogP contribution in [0.3, 0.4) is 0 Å². The maximum atomic E-state index is 6.06. The average Bonchev–Trinajstić information content (AvgIpc) is 3.04. The van der Waals surface area contributed by atoms with Crippen molar-refractivity contribution in [2.45, 2.75) is 25.3 Å². The number of hydrogen-bond acceptors (Lipinski definition) is 2. The number of nitrogens with one attached hydrogen (secondary N) is 1. The van der Waals surface area contributed by atoms with E-state index in [9.17, 15) is 0 Å². The van der Waals surface area contributed by atoms with Gasteiger partial charge in [0, 0.05) is 10.9 Å². The van der Waals surface area contributed by atoms with Crippen LogP contribution in [-0.4, -0.2) is 7.11 Å². The number of fused-ring (bicyclic) bond motifs is 3. The molecular formula is C20H20ClNO. The molecular weight excluding hydrogens is 306 g/mol. The van der Waals surface area contributed by atoms with Crippen molar-refractivity contribution >= 4 is 17.3 Å². The van der Waals surface area contributed by atoms with E-state index in [2.05, 4.69) is 48.7 Å². The number of benzene rings is 2. The number of aryl methyl sites for hydroxylation is 1. The first-order chi connectivity index (χ1) is 11.2. The van der Waals surface area contributed by atoms with Gasteiger partial charge >= 0.3 is 0 Å². The highest BCUT2D eigenvalue weighted by Gasteiger charge is 2.39. The molecule has 3 atom stereocenters. The van der Waals surface area contributed by atoms with Gasteiger partial charge in [-0.25, -0.2) is 0 Å². The van der Waals surface area contributed by atoms with Crippen LogP contribution in [0.25, 0.3) is 0 Å². The molecule has 0 aromatic heterocycles. The van der Waals surface area contributed by atoms with Crippen LogP contribution in [0.4, 0.5) is 5.69 Å². The van der Waals surface area contributed by atoms with Gasteiger partial charge < -0.3 is 10.1 Å². The number of hydrogen-bond donors (Lipinski definition) is 1. The van der Waals surface area contributed by atoms with E-state index >= 15 is 0 Å². The molecule has 2 aliphatic rings. The molecule has 118 valence electrons. The van der Waals surface area contributed by atoms with Crippen molar-refractivity contribution in [1.29, 1.82) is 0 Å². The maximum absolute atomic E-state index is 6.06.